The van der Waals surface area contributed by atoms with Gasteiger partial charge < -0.3 is 15.4 Å². The molecule has 154 valence electrons. The van der Waals surface area contributed by atoms with E-state index in [9.17, 15) is 9.59 Å². The molecule has 0 spiro atoms. The third kappa shape index (κ3) is 4.51. The summed E-state index contributed by atoms with van der Waals surface area (Å²) in [6, 6.07) is 6.72. The van der Waals surface area contributed by atoms with Crippen LogP contribution in [0.2, 0.25) is 5.02 Å². The smallest absolute Gasteiger partial charge is 0.319 e. The Morgan fingerprint density at radius 2 is 2.00 bits per heavy atom. The minimum absolute atomic E-state index is 0.0908. The Balaban J connectivity index is 1.82. The van der Waals surface area contributed by atoms with Gasteiger partial charge in [-0.2, -0.15) is 4.63 Å². The maximum atomic E-state index is 12.1. The van der Waals surface area contributed by atoms with E-state index in [-0.39, 0.29) is 18.4 Å². The van der Waals surface area contributed by atoms with Gasteiger partial charge in [-0.15, -0.1) is 5.10 Å². The van der Waals surface area contributed by atoms with E-state index in [2.05, 4.69) is 30.6 Å². The maximum Gasteiger partial charge on any atom is 0.319 e. The summed E-state index contributed by atoms with van der Waals surface area (Å²) in [6.45, 7) is 6.30. The average molecular weight is 419 g/mol. The van der Waals surface area contributed by atoms with E-state index in [1.807, 2.05) is 26.8 Å². The second-order valence-corrected chi connectivity index (χ2v) is 7.85. The van der Waals surface area contributed by atoms with Crippen molar-refractivity contribution in [2.75, 3.05) is 19.0 Å². The highest BCUT2D eigenvalue weighted by molar-refractivity contribution is 6.34. The second kappa shape index (κ2) is 8.12. The molecule has 3 rings (SSSR count). The van der Waals surface area contributed by atoms with Crippen molar-refractivity contribution in [2.45, 2.75) is 32.6 Å². The van der Waals surface area contributed by atoms with Crippen molar-refractivity contribution in [1.82, 2.24) is 25.1 Å². The van der Waals surface area contributed by atoms with Crippen molar-refractivity contribution in [2.24, 2.45) is 0 Å². The topological polar surface area (TPSA) is 113 Å². The Morgan fingerprint density at radius 1 is 1.28 bits per heavy atom. The molecule has 3 N–H and O–H groups in total. The highest BCUT2D eigenvalue weighted by Crippen LogP contribution is 2.33. The van der Waals surface area contributed by atoms with Crippen molar-refractivity contribution in [3.8, 4) is 11.4 Å². The van der Waals surface area contributed by atoms with Crippen molar-refractivity contribution in [3.05, 3.63) is 35.0 Å². The fraction of sp³-hybridized carbons (Fsp3) is 0.368. The zero-order valence-electron chi connectivity index (χ0n) is 16.7. The lowest BCUT2D eigenvalue weighted by Crippen LogP contribution is -2.31. The van der Waals surface area contributed by atoms with Gasteiger partial charge in [0.05, 0.1) is 24.9 Å². The minimum atomic E-state index is -0.445. The Morgan fingerprint density at radius 3 is 2.66 bits per heavy atom. The largest absolute Gasteiger partial charge is 0.469 e. The standard InChI is InChI=1S/C19H23ClN6O3/c1-19(2,3)15-14(20)17-23-16(25-26(17)24-15)11-7-5-6-8-12(11)22-18(28)21-10-9-13(27)29-4/h5-8,24H,9-10H2,1-4H3,(H2,21,22,28). The predicted octanol–water partition coefficient (Wildman–Crippen LogP) is 3.36. The van der Waals surface area contributed by atoms with E-state index in [1.54, 1.807) is 18.2 Å². The molecule has 1 aromatic carbocycles. The molecule has 9 nitrogen and oxygen atoms in total. The molecule has 2 heterocycles. The van der Waals surface area contributed by atoms with Crippen LogP contribution < -0.4 is 10.6 Å². The lowest BCUT2D eigenvalue weighted by molar-refractivity contribution is -0.140. The number of amides is 2. The molecule has 0 aliphatic heterocycles. The number of aromatic amines is 1. The molecule has 0 aliphatic rings. The molecule has 0 saturated carbocycles. The van der Waals surface area contributed by atoms with Crippen LogP contribution in [0.1, 0.15) is 32.9 Å². The molecule has 0 bridgehead atoms. The molecule has 0 saturated heterocycles. The van der Waals surface area contributed by atoms with E-state index in [0.29, 0.717) is 27.7 Å². The number of esters is 1. The Labute approximate surface area is 172 Å². The zero-order chi connectivity index (χ0) is 21.2. The van der Waals surface area contributed by atoms with Crippen LogP contribution in [-0.4, -0.2) is 45.5 Å². The lowest BCUT2D eigenvalue weighted by atomic mass is 9.92. The number of H-pyrrole nitrogens is 1. The number of fused-ring (bicyclic) bond motifs is 1. The number of methoxy groups -OCH3 is 1. The summed E-state index contributed by atoms with van der Waals surface area (Å²) >= 11 is 6.49. The summed E-state index contributed by atoms with van der Waals surface area (Å²) in [7, 11) is 1.30. The molecule has 2 aromatic heterocycles. The number of nitrogens with zero attached hydrogens (tertiary/aromatic N) is 3. The molecular formula is C19H23ClN6O3. The number of carbonyl (C=O) groups excluding carboxylic acids is 2. The van der Waals surface area contributed by atoms with Crippen LogP contribution in [0, 0.1) is 0 Å². The molecule has 0 atom stereocenters. The molecule has 3 aromatic rings. The number of rotatable bonds is 5. The van der Waals surface area contributed by atoms with Gasteiger partial charge in [-0.25, -0.2) is 9.78 Å². The van der Waals surface area contributed by atoms with Crippen LogP contribution >= 0.6 is 11.6 Å². The maximum absolute atomic E-state index is 12.1. The number of halogens is 1. The first-order valence-corrected chi connectivity index (χ1v) is 9.44. The van der Waals surface area contributed by atoms with Gasteiger partial charge in [0.1, 0.15) is 5.02 Å². The van der Waals surface area contributed by atoms with Gasteiger partial charge in [0.2, 0.25) is 0 Å². The van der Waals surface area contributed by atoms with Crippen LogP contribution in [-0.2, 0) is 14.9 Å². The number of ether oxygens (including phenoxy) is 1. The molecule has 0 unspecified atom stereocenters. The average Bonchev–Trinajstić information content (AvgIpc) is 3.21. The highest BCUT2D eigenvalue weighted by atomic mass is 35.5. The first kappa shape index (κ1) is 20.7. The van der Waals surface area contributed by atoms with E-state index < -0.39 is 12.0 Å². The van der Waals surface area contributed by atoms with Gasteiger partial charge >= 0.3 is 12.0 Å². The predicted molar refractivity (Wildman–Crippen MR) is 110 cm³/mol. The van der Waals surface area contributed by atoms with Crippen molar-refractivity contribution in [3.63, 3.8) is 0 Å². The Hall–Kier alpha value is -3.07. The highest BCUT2D eigenvalue weighted by Gasteiger charge is 2.24. The third-order valence-electron chi connectivity index (χ3n) is 4.25. The number of carbonyl (C=O) groups is 2. The van der Waals surface area contributed by atoms with Gasteiger partial charge in [-0.1, -0.05) is 44.5 Å². The molecule has 0 fully saturated rings. The lowest BCUT2D eigenvalue weighted by Gasteiger charge is -2.16. The fourth-order valence-electron chi connectivity index (χ4n) is 2.74. The first-order chi connectivity index (χ1) is 13.7. The van der Waals surface area contributed by atoms with Crippen LogP contribution in [0.25, 0.3) is 17.0 Å². The van der Waals surface area contributed by atoms with Gasteiger partial charge in [-0.3, -0.25) is 9.89 Å². The molecule has 0 radical (unpaired) electrons. The normalized spacial score (nSPS) is 11.5. The number of hydrogen-bond donors (Lipinski definition) is 3. The monoisotopic (exact) mass is 418 g/mol. The van der Waals surface area contributed by atoms with E-state index in [0.717, 1.165) is 5.69 Å². The molecule has 2 amide bonds. The van der Waals surface area contributed by atoms with Crippen LogP contribution in [0.4, 0.5) is 10.5 Å². The first-order valence-electron chi connectivity index (χ1n) is 9.06. The van der Waals surface area contributed by atoms with Gasteiger partial charge in [-0.05, 0) is 12.1 Å². The summed E-state index contributed by atoms with van der Waals surface area (Å²) in [4.78, 5) is 27.8. The molecule has 0 aliphatic carbocycles. The van der Waals surface area contributed by atoms with E-state index >= 15 is 0 Å². The minimum Gasteiger partial charge on any atom is -0.469 e. The summed E-state index contributed by atoms with van der Waals surface area (Å²) in [6.07, 6.45) is 0.0908. The number of para-hydroxylation sites is 1. The number of nitrogens with one attached hydrogen (secondary N) is 3. The van der Waals surface area contributed by atoms with Crippen molar-refractivity contribution >= 4 is 34.9 Å². The summed E-state index contributed by atoms with van der Waals surface area (Å²) in [5.74, 6) is 0.0264. The number of benzene rings is 1. The second-order valence-electron chi connectivity index (χ2n) is 7.47. The van der Waals surface area contributed by atoms with Crippen LogP contribution in [0.3, 0.4) is 0 Å². The number of anilines is 1. The third-order valence-corrected chi connectivity index (χ3v) is 4.61. The molecular weight excluding hydrogens is 396 g/mol. The Bertz CT molecular complexity index is 1050. The molecule has 29 heavy (non-hydrogen) atoms. The van der Waals surface area contributed by atoms with Crippen LogP contribution in [0.15, 0.2) is 24.3 Å². The summed E-state index contributed by atoms with van der Waals surface area (Å²) in [5, 5.41) is 13.5. The molecule has 10 heteroatoms. The zero-order valence-corrected chi connectivity index (χ0v) is 17.4. The van der Waals surface area contributed by atoms with Crippen molar-refractivity contribution < 1.29 is 14.3 Å². The van der Waals surface area contributed by atoms with E-state index in [1.165, 1.54) is 11.7 Å². The SMILES string of the molecule is COC(=O)CCNC(=O)Nc1ccccc1-c1nc2c(Cl)c(C(C)(C)C)[nH]n2n1. The number of urea groups is 1. The van der Waals surface area contributed by atoms with Crippen molar-refractivity contribution in [1.29, 1.82) is 0 Å². The van der Waals surface area contributed by atoms with Gasteiger partial charge in [0.15, 0.2) is 11.5 Å². The quantitative estimate of drug-likeness (QED) is 0.550. The Kier molecular flexibility index (Phi) is 5.78. The fourth-order valence-corrected chi connectivity index (χ4v) is 3.19. The van der Waals surface area contributed by atoms with Gasteiger partial charge in [0, 0.05) is 17.5 Å². The summed E-state index contributed by atoms with van der Waals surface area (Å²) in [5.41, 5.74) is 2.35. The number of hydrogen-bond acceptors (Lipinski definition) is 5. The summed E-state index contributed by atoms with van der Waals surface area (Å²) < 4.78 is 6.08. The van der Waals surface area contributed by atoms with Gasteiger partial charge in [0.25, 0.3) is 0 Å². The van der Waals surface area contributed by atoms with E-state index in [4.69, 9.17) is 11.6 Å². The number of aromatic nitrogens is 4. The van der Waals surface area contributed by atoms with Crippen LogP contribution in [0.5, 0.6) is 0 Å².